The lowest BCUT2D eigenvalue weighted by molar-refractivity contribution is 0.0145. The lowest BCUT2D eigenvalue weighted by atomic mass is 10.0. The second kappa shape index (κ2) is 6.35. The minimum Gasteiger partial charge on any atom is -0.389 e. The molecule has 0 unspecified atom stereocenters. The number of nitrogens with one attached hydrogen (secondary N) is 1. The molecule has 0 amide bonds. The van der Waals surface area contributed by atoms with Crippen LogP contribution in [0.15, 0.2) is 18.3 Å². The number of rotatable bonds is 6. The Hall–Kier alpha value is -1.13. The van der Waals surface area contributed by atoms with E-state index in [1.54, 1.807) is 0 Å². The van der Waals surface area contributed by atoms with Crippen molar-refractivity contribution in [1.82, 2.24) is 9.88 Å². The summed E-state index contributed by atoms with van der Waals surface area (Å²) in [7, 11) is 2.06. The zero-order valence-corrected chi connectivity index (χ0v) is 12.0. The van der Waals surface area contributed by atoms with Gasteiger partial charge in [0.15, 0.2) is 0 Å². The van der Waals surface area contributed by atoms with Gasteiger partial charge in [-0.25, -0.2) is 4.98 Å². The first-order valence-electron chi connectivity index (χ1n) is 7.21. The molecule has 1 aliphatic carbocycles. The van der Waals surface area contributed by atoms with Crippen molar-refractivity contribution in [2.45, 2.75) is 44.8 Å². The molecule has 0 atom stereocenters. The van der Waals surface area contributed by atoms with Gasteiger partial charge in [0.1, 0.15) is 5.82 Å². The molecular weight excluding hydrogens is 238 g/mol. The summed E-state index contributed by atoms with van der Waals surface area (Å²) in [4.78, 5) is 6.56. The molecule has 1 saturated carbocycles. The van der Waals surface area contributed by atoms with Crippen LogP contribution in [-0.4, -0.2) is 40.7 Å². The number of nitrogens with zero attached hydrogens (tertiary/aromatic N) is 2. The summed E-state index contributed by atoms with van der Waals surface area (Å²) >= 11 is 0. The third kappa shape index (κ3) is 4.18. The van der Waals surface area contributed by atoms with Gasteiger partial charge in [0, 0.05) is 25.8 Å². The number of anilines is 1. The summed E-state index contributed by atoms with van der Waals surface area (Å²) in [5, 5.41) is 13.6. The Morgan fingerprint density at radius 1 is 1.37 bits per heavy atom. The van der Waals surface area contributed by atoms with Crippen LogP contribution in [0.25, 0.3) is 0 Å². The van der Waals surface area contributed by atoms with Crippen LogP contribution in [0.1, 0.15) is 38.2 Å². The molecule has 1 fully saturated rings. The van der Waals surface area contributed by atoms with Crippen LogP contribution in [0.5, 0.6) is 0 Å². The predicted octanol–water partition coefficient (Wildman–Crippen LogP) is 2.25. The molecule has 1 aromatic rings. The van der Waals surface area contributed by atoms with E-state index in [9.17, 15) is 5.11 Å². The van der Waals surface area contributed by atoms with E-state index in [1.807, 2.05) is 12.3 Å². The highest BCUT2D eigenvalue weighted by Crippen LogP contribution is 2.30. The third-order valence-electron chi connectivity index (χ3n) is 3.73. The van der Waals surface area contributed by atoms with Crippen LogP contribution in [0, 0.1) is 0 Å². The second-order valence-electron chi connectivity index (χ2n) is 5.69. The molecule has 0 bridgehead atoms. The van der Waals surface area contributed by atoms with E-state index in [1.165, 1.54) is 5.56 Å². The molecule has 0 saturated heterocycles. The summed E-state index contributed by atoms with van der Waals surface area (Å²) in [6.45, 7) is 4.54. The third-order valence-corrected chi connectivity index (χ3v) is 3.73. The van der Waals surface area contributed by atoms with Crippen LogP contribution >= 0.6 is 0 Å². The van der Waals surface area contributed by atoms with Crippen LogP contribution in [0.3, 0.4) is 0 Å². The molecular formula is C15H25N3O. The lowest BCUT2D eigenvalue weighted by Gasteiger charge is -2.28. The lowest BCUT2D eigenvalue weighted by Crippen LogP contribution is -2.38. The Balaban J connectivity index is 1.86. The molecule has 1 aliphatic rings. The number of hydrogen-bond acceptors (Lipinski definition) is 4. The monoisotopic (exact) mass is 263 g/mol. The Labute approximate surface area is 115 Å². The van der Waals surface area contributed by atoms with E-state index in [4.69, 9.17) is 0 Å². The highest BCUT2D eigenvalue weighted by molar-refractivity contribution is 5.35. The minimum absolute atomic E-state index is 0.466. The number of pyridine rings is 1. The Morgan fingerprint density at radius 2 is 2.11 bits per heavy atom. The quantitative estimate of drug-likeness (QED) is 0.826. The summed E-state index contributed by atoms with van der Waals surface area (Å²) in [6, 6.07) is 4.11. The van der Waals surface area contributed by atoms with Crippen molar-refractivity contribution in [1.29, 1.82) is 0 Å². The SMILES string of the molecule is CCNc1ccc(CN(C)CC2(O)CCCC2)cn1. The number of hydrogen-bond donors (Lipinski definition) is 2. The molecule has 1 heterocycles. The van der Waals surface area contributed by atoms with Crippen molar-refractivity contribution in [3.05, 3.63) is 23.9 Å². The standard InChI is InChI=1S/C15H25N3O/c1-3-16-14-7-6-13(10-17-14)11-18(2)12-15(19)8-4-5-9-15/h6-7,10,19H,3-5,8-9,11-12H2,1-2H3,(H,16,17). The number of likely N-dealkylation sites (N-methyl/N-ethyl adjacent to an activating group) is 1. The average Bonchev–Trinajstić information content (AvgIpc) is 2.78. The summed E-state index contributed by atoms with van der Waals surface area (Å²) in [5.41, 5.74) is 0.719. The van der Waals surface area contributed by atoms with Crippen LogP contribution in [0.4, 0.5) is 5.82 Å². The number of aliphatic hydroxyl groups is 1. The van der Waals surface area contributed by atoms with E-state index in [0.29, 0.717) is 0 Å². The normalized spacial score (nSPS) is 17.9. The fourth-order valence-corrected chi connectivity index (χ4v) is 2.86. The summed E-state index contributed by atoms with van der Waals surface area (Å²) < 4.78 is 0. The molecule has 0 aliphatic heterocycles. The van der Waals surface area contributed by atoms with Crippen molar-refractivity contribution >= 4 is 5.82 Å². The van der Waals surface area contributed by atoms with Crippen LogP contribution in [-0.2, 0) is 6.54 Å². The van der Waals surface area contributed by atoms with E-state index in [2.05, 4.69) is 35.2 Å². The van der Waals surface area contributed by atoms with Crippen molar-refractivity contribution in [3.8, 4) is 0 Å². The molecule has 2 N–H and O–H groups in total. The van der Waals surface area contributed by atoms with Crippen LogP contribution < -0.4 is 5.32 Å². The van der Waals surface area contributed by atoms with E-state index < -0.39 is 5.60 Å². The summed E-state index contributed by atoms with van der Waals surface area (Å²) in [5.74, 6) is 0.920. The molecule has 0 spiro atoms. The molecule has 0 radical (unpaired) electrons. The summed E-state index contributed by atoms with van der Waals surface area (Å²) in [6.07, 6.45) is 6.10. The first-order valence-corrected chi connectivity index (χ1v) is 7.21. The Kier molecular flexibility index (Phi) is 4.77. The van der Waals surface area contributed by atoms with Crippen molar-refractivity contribution in [2.24, 2.45) is 0 Å². The van der Waals surface area contributed by atoms with Gasteiger partial charge in [0.2, 0.25) is 0 Å². The molecule has 106 valence electrons. The maximum absolute atomic E-state index is 10.4. The zero-order chi connectivity index (χ0) is 13.7. The van der Waals surface area contributed by atoms with Gasteiger partial charge in [0.05, 0.1) is 5.60 Å². The molecule has 0 aromatic carbocycles. The largest absolute Gasteiger partial charge is 0.389 e. The van der Waals surface area contributed by atoms with E-state index in [0.717, 1.165) is 51.1 Å². The van der Waals surface area contributed by atoms with Gasteiger partial charge in [-0.2, -0.15) is 0 Å². The first kappa shape index (κ1) is 14.3. The second-order valence-corrected chi connectivity index (χ2v) is 5.69. The van der Waals surface area contributed by atoms with Gasteiger partial charge in [-0.05, 0) is 38.4 Å². The fraction of sp³-hybridized carbons (Fsp3) is 0.667. The molecule has 19 heavy (non-hydrogen) atoms. The number of aromatic nitrogens is 1. The van der Waals surface area contributed by atoms with Gasteiger partial charge in [-0.15, -0.1) is 0 Å². The molecule has 1 aromatic heterocycles. The van der Waals surface area contributed by atoms with Crippen LogP contribution in [0.2, 0.25) is 0 Å². The predicted molar refractivity (Wildman–Crippen MR) is 78.2 cm³/mol. The Morgan fingerprint density at radius 3 is 2.68 bits per heavy atom. The molecule has 2 rings (SSSR count). The van der Waals surface area contributed by atoms with Crippen molar-refractivity contribution < 1.29 is 5.11 Å². The van der Waals surface area contributed by atoms with Gasteiger partial charge in [-0.3, -0.25) is 4.90 Å². The van der Waals surface area contributed by atoms with Gasteiger partial charge in [-0.1, -0.05) is 18.9 Å². The maximum Gasteiger partial charge on any atom is 0.125 e. The smallest absolute Gasteiger partial charge is 0.125 e. The highest BCUT2D eigenvalue weighted by atomic mass is 16.3. The molecule has 4 heteroatoms. The average molecular weight is 263 g/mol. The Bertz CT molecular complexity index is 385. The van der Waals surface area contributed by atoms with Crippen molar-refractivity contribution in [3.63, 3.8) is 0 Å². The molecule has 4 nitrogen and oxygen atoms in total. The van der Waals surface area contributed by atoms with E-state index in [-0.39, 0.29) is 0 Å². The van der Waals surface area contributed by atoms with Gasteiger partial charge >= 0.3 is 0 Å². The van der Waals surface area contributed by atoms with E-state index >= 15 is 0 Å². The highest BCUT2D eigenvalue weighted by Gasteiger charge is 2.31. The first-order chi connectivity index (χ1) is 9.11. The maximum atomic E-state index is 10.4. The van der Waals surface area contributed by atoms with Gasteiger partial charge in [0.25, 0.3) is 0 Å². The van der Waals surface area contributed by atoms with Crippen molar-refractivity contribution in [2.75, 3.05) is 25.5 Å². The minimum atomic E-state index is -0.466. The zero-order valence-electron chi connectivity index (χ0n) is 12.0. The van der Waals surface area contributed by atoms with Gasteiger partial charge < -0.3 is 10.4 Å². The topological polar surface area (TPSA) is 48.4 Å². The fourth-order valence-electron chi connectivity index (χ4n) is 2.86.